The quantitative estimate of drug-likeness (QED) is 0.640. The maximum atomic E-state index is 13.6. The Balaban J connectivity index is 1.86. The molecule has 172 valence electrons. The van der Waals surface area contributed by atoms with Gasteiger partial charge in [0, 0.05) is 34.7 Å². The highest BCUT2D eigenvalue weighted by atomic mass is 35.5. The lowest BCUT2D eigenvalue weighted by Gasteiger charge is -2.39. The van der Waals surface area contributed by atoms with Gasteiger partial charge in [0.2, 0.25) is 0 Å². The van der Waals surface area contributed by atoms with Gasteiger partial charge in [-0.3, -0.25) is 4.79 Å². The lowest BCUT2D eigenvalue weighted by atomic mass is 9.68. The molecule has 0 amide bonds. The Morgan fingerprint density at radius 3 is 2.42 bits per heavy atom. The molecule has 0 bridgehead atoms. The summed E-state index contributed by atoms with van der Waals surface area (Å²) in [5.41, 5.74) is 3.52. The van der Waals surface area contributed by atoms with E-state index in [2.05, 4.69) is 11.4 Å². The van der Waals surface area contributed by atoms with Crippen molar-refractivity contribution in [2.24, 2.45) is 5.92 Å². The zero-order chi connectivity index (χ0) is 23.7. The Bertz CT molecular complexity index is 1170. The second-order valence-corrected chi connectivity index (χ2v) is 8.55. The van der Waals surface area contributed by atoms with Crippen LogP contribution in [0.3, 0.4) is 0 Å². The molecular weight excluding hydrogens is 442 g/mol. The van der Waals surface area contributed by atoms with Gasteiger partial charge in [-0.25, -0.2) is 4.79 Å². The Labute approximate surface area is 198 Å². The van der Waals surface area contributed by atoms with Gasteiger partial charge in [0.05, 0.1) is 32.8 Å². The standard InChI is InChI=1S/C26H26ClNO5/c1-14-23(26(30)33-4)24(15-9-10-21(31-2)22(13-15)32-3)25-19(28-14)11-16(12-20(25)29)17-7-5-6-8-18(17)27/h5-11,13,16,24-25,28H,12H2,1-4H3. The third-order valence-electron chi connectivity index (χ3n) is 6.34. The van der Waals surface area contributed by atoms with Crippen LogP contribution in [0.2, 0.25) is 5.02 Å². The van der Waals surface area contributed by atoms with Gasteiger partial charge in [-0.15, -0.1) is 0 Å². The molecule has 1 heterocycles. The van der Waals surface area contributed by atoms with Crippen molar-refractivity contribution in [3.8, 4) is 11.5 Å². The maximum absolute atomic E-state index is 13.6. The van der Waals surface area contributed by atoms with Gasteiger partial charge in [0.25, 0.3) is 0 Å². The average molecular weight is 468 g/mol. The van der Waals surface area contributed by atoms with Crippen LogP contribution in [0.1, 0.15) is 36.3 Å². The minimum atomic E-state index is -0.556. The summed E-state index contributed by atoms with van der Waals surface area (Å²) in [5, 5.41) is 3.93. The molecule has 0 saturated heterocycles. The highest BCUT2D eigenvalue weighted by Crippen LogP contribution is 2.47. The number of Topliss-reactive ketones (excluding diaryl/α,β-unsaturated/α-hetero) is 1. The normalized spacial score (nSPS) is 22.2. The Kier molecular flexibility index (Phi) is 6.47. The summed E-state index contributed by atoms with van der Waals surface area (Å²) in [6.45, 7) is 1.82. The van der Waals surface area contributed by atoms with Crippen LogP contribution < -0.4 is 14.8 Å². The van der Waals surface area contributed by atoms with Crippen LogP contribution in [0.5, 0.6) is 11.5 Å². The van der Waals surface area contributed by atoms with Gasteiger partial charge in [0.15, 0.2) is 11.5 Å². The molecule has 6 nitrogen and oxygen atoms in total. The highest BCUT2D eigenvalue weighted by molar-refractivity contribution is 6.31. The van der Waals surface area contributed by atoms with E-state index in [1.807, 2.05) is 43.3 Å². The van der Waals surface area contributed by atoms with Gasteiger partial charge in [-0.05, 0) is 36.2 Å². The van der Waals surface area contributed by atoms with Gasteiger partial charge in [0.1, 0.15) is 5.78 Å². The number of ketones is 1. The summed E-state index contributed by atoms with van der Waals surface area (Å²) in [5.74, 6) is -0.579. The largest absolute Gasteiger partial charge is 0.493 e. The van der Waals surface area contributed by atoms with Gasteiger partial charge in [-0.1, -0.05) is 41.9 Å². The number of nitrogens with one attached hydrogen (secondary N) is 1. The van der Waals surface area contributed by atoms with Crippen molar-refractivity contribution in [2.75, 3.05) is 21.3 Å². The first-order valence-corrected chi connectivity index (χ1v) is 11.0. The summed E-state index contributed by atoms with van der Waals surface area (Å²) in [6, 6.07) is 13.0. The van der Waals surface area contributed by atoms with Crippen molar-refractivity contribution in [1.29, 1.82) is 0 Å². The zero-order valence-electron chi connectivity index (χ0n) is 19.0. The van der Waals surface area contributed by atoms with E-state index < -0.39 is 17.8 Å². The fourth-order valence-electron chi connectivity index (χ4n) is 4.84. The van der Waals surface area contributed by atoms with Crippen molar-refractivity contribution >= 4 is 23.4 Å². The molecule has 1 aliphatic heterocycles. The first-order valence-electron chi connectivity index (χ1n) is 10.7. The second-order valence-electron chi connectivity index (χ2n) is 8.15. The molecule has 33 heavy (non-hydrogen) atoms. The molecule has 3 unspecified atom stereocenters. The predicted molar refractivity (Wildman–Crippen MR) is 126 cm³/mol. The lowest BCUT2D eigenvalue weighted by molar-refractivity contribution is -0.136. The predicted octanol–water partition coefficient (Wildman–Crippen LogP) is 4.75. The summed E-state index contributed by atoms with van der Waals surface area (Å²) in [4.78, 5) is 26.4. The van der Waals surface area contributed by atoms with Crippen molar-refractivity contribution in [3.63, 3.8) is 0 Å². The van der Waals surface area contributed by atoms with Crippen LogP contribution in [0.4, 0.5) is 0 Å². The van der Waals surface area contributed by atoms with E-state index in [9.17, 15) is 9.59 Å². The molecule has 7 heteroatoms. The number of halogens is 1. The molecule has 2 aromatic rings. The fraction of sp³-hybridized carbons (Fsp3) is 0.308. The molecule has 1 N–H and O–H groups in total. The number of allylic oxidation sites excluding steroid dienone is 3. The van der Waals surface area contributed by atoms with Crippen molar-refractivity contribution in [3.05, 3.63) is 81.7 Å². The number of ether oxygens (including phenoxy) is 3. The van der Waals surface area contributed by atoms with E-state index in [-0.39, 0.29) is 18.1 Å². The van der Waals surface area contributed by atoms with Gasteiger partial charge in [-0.2, -0.15) is 0 Å². The number of hydrogen-bond acceptors (Lipinski definition) is 6. The molecule has 0 aromatic heterocycles. The van der Waals surface area contributed by atoms with E-state index in [4.69, 9.17) is 25.8 Å². The number of methoxy groups -OCH3 is 3. The van der Waals surface area contributed by atoms with Gasteiger partial charge >= 0.3 is 5.97 Å². The van der Waals surface area contributed by atoms with Crippen LogP contribution in [0.25, 0.3) is 0 Å². The zero-order valence-corrected chi connectivity index (χ0v) is 19.7. The number of carbonyl (C=O) groups is 2. The molecule has 0 saturated carbocycles. The number of hydrogen-bond donors (Lipinski definition) is 1. The third-order valence-corrected chi connectivity index (χ3v) is 6.68. The minimum Gasteiger partial charge on any atom is -0.493 e. The van der Waals surface area contributed by atoms with E-state index in [1.165, 1.54) is 7.11 Å². The van der Waals surface area contributed by atoms with Crippen molar-refractivity contribution in [2.45, 2.75) is 25.2 Å². The molecule has 0 spiro atoms. The maximum Gasteiger partial charge on any atom is 0.336 e. The molecule has 2 aromatic carbocycles. The topological polar surface area (TPSA) is 73.9 Å². The van der Waals surface area contributed by atoms with Crippen molar-refractivity contribution < 1.29 is 23.8 Å². The third kappa shape index (κ3) is 4.11. The molecule has 1 aliphatic carbocycles. The number of rotatable bonds is 5. The number of fused-ring (bicyclic) bond motifs is 1. The number of carbonyl (C=O) groups excluding carboxylic acids is 2. The van der Waals surface area contributed by atoms with E-state index in [0.717, 1.165) is 16.8 Å². The Hall–Kier alpha value is -3.25. The van der Waals surface area contributed by atoms with E-state index in [1.54, 1.807) is 20.3 Å². The van der Waals surface area contributed by atoms with Crippen LogP contribution in [-0.4, -0.2) is 33.1 Å². The smallest absolute Gasteiger partial charge is 0.336 e. The first kappa shape index (κ1) is 22.9. The lowest BCUT2D eigenvalue weighted by Crippen LogP contribution is -2.41. The summed E-state index contributed by atoms with van der Waals surface area (Å²) in [7, 11) is 4.46. The Morgan fingerprint density at radius 1 is 1.03 bits per heavy atom. The average Bonchev–Trinajstić information content (AvgIpc) is 2.82. The van der Waals surface area contributed by atoms with E-state index in [0.29, 0.717) is 27.8 Å². The fourth-order valence-corrected chi connectivity index (χ4v) is 5.11. The molecule has 0 fully saturated rings. The van der Waals surface area contributed by atoms with Crippen LogP contribution in [0, 0.1) is 5.92 Å². The van der Waals surface area contributed by atoms with Crippen LogP contribution in [0.15, 0.2) is 65.5 Å². The summed E-state index contributed by atoms with van der Waals surface area (Å²) >= 11 is 6.42. The molecule has 3 atom stereocenters. The SMILES string of the molecule is COC(=O)C1=C(C)NC2=CC(c3ccccc3Cl)CC(=O)C2C1c1ccc(OC)c(OC)c1. The Morgan fingerprint density at radius 2 is 1.76 bits per heavy atom. The highest BCUT2D eigenvalue weighted by Gasteiger charge is 2.45. The monoisotopic (exact) mass is 467 g/mol. The molecule has 4 rings (SSSR count). The second kappa shape index (κ2) is 9.32. The van der Waals surface area contributed by atoms with Crippen molar-refractivity contribution in [1.82, 2.24) is 5.32 Å². The molecule has 0 radical (unpaired) electrons. The summed E-state index contributed by atoms with van der Waals surface area (Å²) in [6.07, 6.45) is 2.34. The number of benzene rings is 2. The van der Waals surface area contributed by atoms with Crippen LogP contribution in [-0.2, 0) is 14.3 Å². The first-order chi connectivity index (χ1) is 15.9. The summed E-state index contributed by atoms with van der Waals surface area (Å²) < 4.78 is 15.9. The van der Waals surface area contributed by atoms with Gasteiger partial charge < -0.3 is 19.5 Å². The molecular formula is C26H26ClNO5. The van der Waals surface area contributed by atoms with E-state index >= 15 is 0 Å². The number of esters is 1. The molecule has 2 aliphatic rings. The van der Waals surface area contributed by atoms with Crippen LogP contribution >= 0.6 is 11.6 Å². The minimum absolute atomic E-state index is 0.0265.